The number of hydrogen-bond acceptors (Lipinski definition) is 4. The van der Waals surface area contributed by atoms with Crippen LogP contribution in [-0.4, -0.2) is 31.1 Å². The molecule has 1 aliphatic rings. The average molecular weight is 540 g/mol. The Morgan fingerprint density at radius 3 is 2.47 bits per heavy atom. The van der Waals surface area contributed by atoms with Gasteiger partial charge in [0.1, 0.15) is 5.69 Å². The third kappa shape index (κ3) is 5.20. The van der Waals surface area contributed by atoms with Crippen LogP contribution in [0.25, 0.3) is 16.7 Å². The van der Waals surface area contributed by atoms with Crippen LogP contribution < -0.4 is 11.0 Å². The van der Waals surface area contributed by atoms with Gasteiger partial charge in [-0.05, 0) is 68.4 Å². The normalized spacial score (nSPS) is 17.7. The predicted octanol–water partition coefficient (Wildman–Crippen LogP) is 5.72. The minimum Gasteiger partial charge on any atom is -0.349 e. The molecule has 3 aromatic heterocycles. The standard InChI is InChI=1S/C28H28ClF2N5O2/c1-2-19-11-12-21(15-32-19)36-24-6-4-3-5-23(24)35(28(36)38)16-17-7-9-20(10-8-17)34-27(37)22-13-18(29)14-33-25(22)26(30)31/h3-6,11-15,17,20,26H,2,7-10,16H2,1H3,(H,34,37). The van der Waals surface area contributed by atoms with Crippen LogP contribution in [0.2, 0.25) is 5.02 Å². The minimum absolute atomic E-state index is 0.111. The number of rotatable bonds is 7. The molecule has 1 aliphatic carbocycles. The smallest absolute Gasteiger partial charge is 0.333 e. The van der Waals surface area contributed by atoms with Gasteiger partial charge in [-0.25, -0.2) is 13.6 Å². The lowest BCUT2D eigenvalue weighted by Gasteiger charge is -2.29. The Hall–Kier alpha value is -3.59. The molecule has 38 heavy (non-hydrogen) atoms. The van der Waals surface area contributed by atoms with Crippen LogP contribution in [-0.2, 0) is 13.0 Å². The highest BCUT2D eigenvalue weighted by atomic mass is 35.5. The van der Waals surface area contributed by atoms with Gasteiger partial charge in [0.05, 0.1) is 33.5 Å². The van der Waals surface area contributed by atoms with Crippen LogP contribution in [0, 0.1) is 5.92 Å². The highest BCUT2D eigenvalue weighted by Crippen LogP contribution is 2.29. The van der Waals surface area contributed by atoms with E-state index in [1.165, 1.54) is 6.07 Å². The van der Waals surface area contributed by atoms with Crippen molar-refractivity contribution in [3.05, 3.63) is 87.3 Å². The molecule has 0 bridgehead atoms. The lowest BCUT2D eigenvalue weighted by molar-refractivity contribution is 0.0904. The average Bonchev–Trinajstić information content (AvgIpc) is 3.20. The molecule has 1 fully saturated rings. The second kappa shape index (κ2) is 11.0. The number of aryl methyl sites for hydroxylation is 1. The number of nitrogens with one attached hydrogen (secondary N) is 1. The molecule has 10 heteroatoms. The molecule has 3 heterocycles. The number of pyridine rings is 2. The van der Waals surface area contributed by atoms with E-state index in [9.17, 15) is 18.4 Å². The highest BCUT2D eigenvalue weighted by Gasteiger charge is 2.27. The van der Waals surface area contributed by atoms with Gasteiger partial charge in [-0.3, -0.25) is 23.9 Å². The second-order valence-electron chi connectivity index (χ2n) is 9.66. The molecular formula is C28H28ClF2N5O2. The van der Waals surface area contributed by atoms with Crippen molar-refractivity contribution in [1.29, 1.82) is 0 Å². The first kappa shape index (κ1) is 26.0. The van der Waals surface area contributed by atoms with Crippen molar-refractivity contribution < 1.29 is 13.6 Å². The number of nitrogens with zero attached hydrogens (tertiary/aromatic N) is 4. The van der Waals surface area contributed by atoms with E-state index in [1.54, 1.807) is 10.8 Å². The van der Waals surface area contributed by atoms with E-state index < -0.39 is 18.0 Å². The van der Waals surface area contributed by atoms with Crippen molar-refractivity contribution in [3.63, 3.8) is 0 Å². The minimum atomic E-state index is -2.87. The van der Waals surface area contributed by atoms with Crippen molar-refractivity contribution in [2.45, 2.75) is 58.0 Å². The molecule has 0 saturated heterocycles. The summed E-state index contributed by atoms with van der Waals surface area (Å²) in [4.78, 5) is 34.4. The number of benzene rings is 1. The van der Waals surface area contributed by atoms with E-state index in [1.807, 2.05) is 47.9 Å². The van der Waals surface area contributed by atoms with E-state index in [4.69, 9.17) is 11.6 Å². The summed E-state index contributed by atoms with van der Waals surface area (Å²) < 4.78 is 30.2. The van der Waals surface area contributed by atoms with E-state index in [2.05, 4.69) is 15.3 Å². The first-order valence-electron chi connectivity index (χ1n) is 12.8. The largest absolute Gasteiger partial charge is 0.349 e. The van der Waals surface area contributed by atoms with Crippen molar-refractivity contribution in [1.82, 2.24) is 24.4 Å². The van der Waals surface area contributed by atoms with Crippen molar-refractivity contribution >= 4 is 28.5 Å². The van der Waals surface area contributed by atoms with Crippen LogP contribution in [0.5, 0.6) is 0 Å². The van der Waals surface area contributed by atoms with Crippen molar-refractivity contribution in [3.8, 4) is 5.69 Å². The zero-order valence-electron chi connectivity index (χ0n) is 20.9. The summed E-state index contributed by atoms with van der Waals surface area (Å²) in [7, 11) is 0. The number of imidazole rings is 1. The van der Waals surface area contributed by atoms with Gasteiger partial charge in [-0.1, -0.05) is 30.7 Å². The summed E-state index contributed by atoms with van der Waals surface area (Å²) in [6.45, 7) is 2.59. The van der Waals surface area contributed by atoms with Gasteiger partial charge >= 0.3 is 5.69 Å². The number of aromatic nitrogens is 4. The molecular weight excluding hydrogens is 512 g/mol. The number of para-hydroxylation sites is 2. The summed E-state index contributed by atoms with van der Waals surface area (Å²) in [5.74, 6) is -0.356. The Bertz CT molecular complexity index is 1510. The fraction of sp³-hybridized carbons (Fsp3) is 0.357. The molecule has 0 radical (unpaired) electrons. The molecule has 198 valence electrons. The highest BCUT2D eigenvalue weighted by molar-refractivity contribution is 6.30. The fourth-order valence-electron chi connectivity index (χ4n) is 5.21. The molecule has 4 aromatic rings. The second-order valence-corrected chi connectivity index (χ2v) is 10.1. The zero-order chi connectivity index (χ0) is 26.8. The molecule has 1 amide bonds. The maximum absolute atomic E-state index is 13.6. The molecule has 1 saturated carbocycles. The van der Waals surface area contributed by atoms with Gasteiger partial charge in [-0.2, -0.15) is 0 Å². The van der Waals surface area contributed by atoms with E-state index >= 15 is 0 Å². The Balaban J connectivity index is 1.30. The molecule has 0 unspecified atom stereocenters. The Labute approximate surface area is 223 Å². The van der Waals surface area contributed by atoms with Gasteiger partial charge in [0.2, 0.25) is 0 Å². The molecule has 7 nitrogen and oxygen atoms in total. The maximum Gasteiger partial charge on any atom is 0.333 e. The third-order valence-electron chi connectivity index (χ3n) is 7.22. The summed E-state index contributed by atoms with van der Waals surface area (Å²) >= 11 is 5.89. The molecule has 0 atom stereocenters. The number of amides is 1. The number of carbonyl (C=O) groups is 1. The first-order valence-corrected chi connectivity index (χ1v) is 13.1. The fourth-order valence-corrected chi connectivity index (χ4v) is 5.37. The number of halogens is 3. The van der Waals surface area contributed by atoms with Gasteiger partial charge in [0.25, 0.3) is 12.3 Å². The Morgan fingerprint density at radius 2 is 1.82 bits per heavy atom. The SMILES string of the molecule is CCc1ccc(-n2c(=O)n(CC3CCC(NC(=O)c4cc(Cl)cnc4C(F)F)CC3)c3ccccc32)cn1. The molecule has 1 aromatic carbocycles. The van der Waals surface area contributed by atoms with Crippen LogP contribution in [0.4, 0.5) is 8.78 Å². The van der Waals surface area contributed by atoms with Gasteiger partial charge in [0, 0.05) is 24.5 Å². The quantitative estimate of drug-likeness (QED) is 0.325. The van der Waals surface area contributed by atoms with Gasteiger partial charge in [0.15, 0.2) is 0 Å². The van der Waals surface area contributed by atoms with Crippen LogP contribution in [0.15, 0.2) is 59.7 Å². The van der Waals surface area contributed by atoms with Crippen LogP contribution >= 0.6 is 11.6 Å². The number of fused-ring (bicyclic) bond motifs is 1. The number of carbonyl (C=O) groups excluding carboxylic acids is 1. The summed E-state index contributed by atoms with van der Waals surface area (Å²) in [6.07, 6.45) is 3.75. The Morgan fingerprint density at radius 1 is 1.08 bits per heavy atom. The summed E-state index contributed by atoms with van der Waals surface area (Å²) in [5, 5.41) is 3.00. The van der Waals surface area contributed by atoms with E-state index in [0.29, 0.717) is 19.4 Å². The van der Waals surface area contributed by atoms with Crippen LogP contribution in [0.1, 0.15) is 60.8 Å². The first-order chi connectivity index (χ1) is 18.4. The zero-order valence-corrected chi connectivity index (χ0v) is 21.7. The summed E-state index contributed by atoms with van der Waals surface area (Å²) in [6, 6.07) is 12.7. The third-order valence-corrected chi connectivity index (χ3v) is 7.43. The van der Waals surface area contributed by atoms with E-state index in [0.717, 1.165) is 47.9 Å². The topological polar surface area (TPSA) is 81.8 Å². The lowest BCUT2D eigenvalue weighted by Crippen LogP contribution is -2.39. The van der Waals surface area contributed by atoms with Gasteiger partial charge < -0.3 is 5.32 Å². The molecule has 1 N–H and O–H groups in total. The number of alkyl halides is 2. The molecule has 0 aliphatic heterocycles. The monoisotopic (exact) mass is 539 g/mol. The molecule has 5 rings (SSSR count). The Kier molecular flexibility index (Phi) is 7.56. The maximum atomic E-state index is 13.6. The van der Waals surface area contributed by atoms with Crippen LogP contribution in [0.3, 0.4) is 0 Å². The molecule has 0 spiro atoms. The van der Waals surface area contributed by atoms with Crippen molar-refractivity contribution in [2.75, 3.05) is 0 Å². The van der Waals surface area contributed by atoms with Gasteiger partial charge in [-0.15, -0.1) is 0 Å². The lowest BCUT2D eigenvalue weighted by atomic mass is 9.85. The predicted molar refractivity (Wildman–Crippen MR) is 142 cm³/mol. The van der Waals surface area contributed by atoms with E-state index in [-0.39, 0.29) is 28.2 Å². The summed E-state index contributed by atoms with van der Waals surface area (Å²) in [5.41, 5.74) is 2.50. The van der Waals surface area contributed by atoms with Crippen molar-refractivity contribution in [2.24, 2.45) is 5.92 Å². The number of hydrogen-bond donors (Lipinski definition) is 1.